The first-order valence-corrected chi connectivity index (χ1v) is 5.05. The summed E-state index contributed by atoms with van der Waals surface area (Å²) in [7, 11) is 0. The zero-order chi connectivity index (χ0) is 11.5. The maximum Gasteiger partial charge on any atom is 0.348 e. The number of morpholine rings is 1. The van der Waals surface area contributed by atoms with Crippen molar-refractivity contribution in [3.63, 3.8) is 0 Å². The average molecular weight is 245 g/mol. The maximum absolute atomic E-state index is 10.9. The van der Waals surface area contributed by atoms with Crippen molar-refractivity contribution in [2.45, 2.75) is 0 Å². The monoisotopic (exact) mass is 244 g/mol. The van der Waals surface area contributed by atoms with Gasteiger partial charge in [0.05, 0.1) is 18.1 Å². The Morgan fingerprint density at radius 3 is 2.75 bits per heavy atom. The van der Waals surface area contributed by atoms with Crippen molar-refractivity contribution >= 4 is 23.1 Å². The van der Waals surface area contributed by atoms with Crippen LogP contribution in [0.4, 0.5) is 11.5 Å². The first-order chi connectivity index (χ1) is 7.70. The number of rotatable bonds is 2. The van der Waals surface area contributed by atoms with E-state index in [9.17, 15) is 10.1 Å². The summed E-state index contributed by atoms with van der Waals surface area (Å²) < 4.78 is 5.16. The number of halogens is 1. The van der Waals surface area contributed by atoms with Crippen LogP contribution in [0.1, 0.15) is 0 Å². The Hall–Kier alpha value is -1.47. The van der Waals surface area contributed by atoms with Crippen molar-refractivity contribution < 1.29 is 9.66 Å². The van der Waals surface area contributed by atoms with Gasteiger partial charge in [0, 0.05) is 13.1 Å². The van der Waals surface area contributed by atoms with Gasteiger partial charge in [-0.2, -0.15) is 0 Å². The number of aromatic nitrogens is 2. The van der Waals surface area contributed by atoms with Crippen LogP contribution < -0.4 is 4.90 Å². The highest BCUT2D eigenvalue weighted by molar-refractivity contribution is 6.31. The van der Waals surface area contributed by atoms with Crippen molar-refractivity contribution in [1.29, 1.82) is 0 Å². The van der Waals surface area contributed by atoms with E-state index in [1.54, 1.807) is 4.90 Å². The van der Waals surface area contributed by atoms with E-state index in [4.69, 9.17) is 16.3 Å². The Bertz CT molecular complexity index is 408. The van der Waals surface area contributed by atoms with Crippen LogP contribution in [0.25, 0.3) is 0 Å². The van der Waals surface area contributed by atoms with E-state index in [2.05, 4.69) is 9.97 Å². The Labute approximate surface area is 96.2 Å². The Kier molecular flexibility index (Phi) is 3.16. The van der Waals surface area contributed by atoms with Crippen LogP contribution >= 0.6 is 11.6 Å². The number of nitro groups is 1. The summed E-state index contributed by atoms with van der Waals surface area (Å²) in [5.74, 6) is 0.258. The largest absolute Gasteiger partial charge is 0.378 e. The SMILES string of the molecule is O=[N+]([O-])c1c(Cl)ncnc1N1CCOCC1. The van der Waals surface area contributed by atoms with Crippen LogP contribution in [0, 0.1) is 10.1 Å². The molecule has 2 heterocycles. The van der Waals surface area contributed by atoms with Crippen LogP contribution in [0.15, 0.2) is 6.33 Å². The topological polar surface area (TPSA) is 81.4 Å². The maximum atomic E-state index is 10.9. The third-order valence-electron chi connectivity index (χ3n) is 2.25. The molecule has 0 atom stereocenters. The van der Waals surface area contributed by atoms with Gasteiger partial charge in [0.25, 0.3) is 0 Å². The summed E-state index contributed by atoms with van der Waals surface area (Å²) in [4.78, 5) is 19.6. The standard InChI is InChI=1S/C8H9ClN4O3/c9-7-6(13(14)15)8(11-5-10-7)12-1-3-16-4-2-12/h5H,1-4H2. The van der Waals surface area contributed by atoms with Crippen molar-refractivity contribution in [3.8, 4) is 0 Å². The second-order valence-corrected chi connectivity index (χ2v) is 3.55. The van der Waals surface area contributed by atoms with E-state index in [0.717, 1.165) is 0 Å². The first kappa shape index (κ1) is 11.0. The van der Waals surface area contributed by atoms with Crippen molar-refractivity contribution in [2.75, 3.05) is 31.2 Å². The van der Waals surface area contributed by atoms with Crippen molar-refractivity contribution in [2.24, 2.45) is 0 Å². The summed E-state index contributed by atoms with van der Waals surface area (Å²) in [5, 5.41) is 10.7. The molecule has 2 rings (SSSR count). The fourth-order valence-corrected chi connectivity index (χ4v) is 1.71. The molecule has 0 aliphatic carbocycles. The summed E-state index contributed by atoms with van der Waals surface area (Å²) in [6.07, 6.45) is 1.22. The minimum Gasteiger partial charge on any atom is -0.378 e. The molecule has 1 aliphatic heterocycles. The van der Waals surface area contributed by atoms with Crippen LogP contribution in [0.3, 0.4) is 0 Å². The van der Waals surface area contributed by atoms with Crippen LogP contribution in [-0.2, 0) is 4.74 Å². The predicted octanol–water partition coefficient (Wildman–Crippen LogP) is 0.875. The third-order valence-corrected chi connectivity index (χ3v) is 2.53. The lowest BCUT2D eigenvalue weighted by atomic mass is 10.3. The minimum absolute atomic E-state index is 0.138. The molecule has 0 spiro atoms. The lowest BCUT2D eigenvalue weighted by Gasteiger charge is -2.27. The number of anilines is 1. The first-order valence-electron chi connectivity index (χ1n) is 4.67. The highest BCUT2D eigenvalue weighted by atomic mass is 35.5. The van der Waals surface area contributed by atoms with E-state index in [-0.39, 0.29) is 16.7 Å². The van der Waals surface area contributed by atoms with E-state index in [1.807, 2.05) is 0 Å². The van der Waals surface area contributed by atoms with Gasteiger partial charge in [-0.1, -0.05) is 11.6 Å². The molecule has 1 fully saturated rings. The smallest absolute Gasteiger partial charge is 0.348 e. The molecule has 86 valence electrons. The Balaban J connectivity index is 2.38. The molecule has 0 unspecified atom stereocenters. The number of nitrogens with zero attached hydrogens (tertiary/aromatic N) is 4. The number of ether oxygens (including phenoxy) is 1. The zero-order valence-corrected chi connectivity index (χ0v) is 9.05. The molecule has 0 bridgehead atoms. The van der Waals surface area contributed by atoms with Gasteiger partial charge in [0.15, 0.2) is 0 Å². The fourth-order valence-electron chi connectivity index (χ4n) is 1.51. The van der Waals surface area contributed by atoms with E-state index in [0.29, 0.717) is 26.3 Å². The molecule has 1 aromatic rings. The summed E-state index contributed by atoms with van der Waals surface area (Å²) in [5.41, 5.74) is -0.244. The lowest BCUT2D eigenvalue weighted by molar-refractivity contribution is -0.384. The molecule has 1 aliphatic rings. The number of hydrogen-bond donors (Lipinski definition) is 0. The van der Waals surface area contributed by atoms with E-state index in [1.165, 1.54) is 6.33 Å². The van der Waals surface area contributed by atoms with Gasteiger partial charge in [0.1, 0.15) is 6.33 Å². The molecule has 0 amide bonds. The zero-order valence-electron chi connectivity index (χ0n) is 8.30. The molecule has 8 heteroatoms. The van der Waals surface area contributed by atoms with Gasteiger partial charge in [0.2, 0.25) is 11.0 Å². The molecular weight excluding hydrogens is 236 g/mol. The van der Waals surface area contributed by atoms with Crippen LogP contribution in [0.5, 0.6) is 0 Å². The molecule has 1 saturated heterocycles. The highest BCUT2D eigenvalue weighted by Gasteiger charge is 2.26. The molecule has 0 aromatic carbocycles. The van der Waals surface area contributed by atoms with Gasteiger partial charge in [-0.25, -0.2) is 9.97 Å². The quantitative estimate of drug-likeness (QED) is 0.436. The molecular formula is C8H9ClN4O3. The van der Waals surface area contributed by atoms with Gasteiger partial charge in [-0.3, -0.25) is 10.1 Å². The van der Waals surface area contributed by atoms with Gasteiger partial charge >= 0.3 is 5.69 Å². The third kappa shape index (κ3) is 2.05. The highest BCUT2D eigenvalue weighted by Crippen LogP contribution is 2.31. The van der Waals surface area contributed by atoms with Gasteiger partial charge < -0.3 is 9.64 Å². The Morgan fingerprint density at radius 1 is 1.44 bits per heavy atom. The molecule has 1 aromatic heterocycles. The number of hydrogen-bond acceptors (Lipinski definition) is 6. The van der Waals surface area contributed by atoms with Crippen molar-refractivity contribution in [3.05, 3.63) is 21.6 Å². The van der Waals surface area contributed by atoms with E-state index >= 15 is 0 Å². The Morgan fingerprint density at radius 2 is 2.12 bits per heavy atom. The second-order valence-electron chi connectivity index (χ2n) is 3.19. The minimum atomic E-state index is -0.562. The van der Waals surface area contributed by atoms with Crippen LogP contribution in [-0.4, -0.2) is 41.2 Å². The average Bonchev–Trinajstić information content (AvgIpc) is 2.29. The summed E-state index contributed by atoms with van der Waals surface area (Å²) >= 11 is 5.69. The molecule has 0 radical (unpaired) electrons. The van der Waals surface area contributed by atoms with Gasteiger partial charge in [-0.05, 0) is 0 Å². The predicted molar refractivity (Wildman–Crippen MR) is 56.7 cm³/mol. The lowest BCUT2D eigenvalue weighted by Crippen LogP contribution is -2.37. The molecule has 0 N–H and O–H groups in total. The van der Waals surface area contributed by atoms with Crippen LogP contribution in [0.2, 0.25) is 5.15 Å². The summed E-state index contributed by atoms with van der Waals surface area (Å²) in [6.45, 7) is 2.18. The fraction of sp³-hybridized carbons (Fsp3) is 0.500. The van der Waals surface area contributed by atoms with Crippen molar-refractivity contribution in [1.82, 2.24) is 9.97 Å². The molecule has 16 heavy (non-hydrogen) atoms. The molecule has 7 nitrogen and oxygen atoms in total. The second kappa shape index (κ2) is 4.58. The normalized spacial score (nSPS) is 16.2. The van der Waals surface area contributed by atoms with E-state index < -0.39 is 4.92 Å². The summed E-state index contributed by atoms with van der Waals surface area (Å²) in [6, 6.07) is 0. The molecule has 0 saturated carbocycles. The van der Waals surface area contributed by atoms with Gasteiger partial charge in [-0.15, -0.1) is 0 Å².